The van der Waals surface area contributed by atoms with Crippen molar-refractivity contribution in [3.63, 3.8) is 0 Å². The molecule has 0 saturated carbocycles. The van der Waals surface area contributed by atoms with Gasteiger partial charge >= 0.3 is 0 Å². The predicted molar refractivity (Wildman–Crippen MR) is 79.8 cm³/mol. The second-order valence-corrected chi connectivity index (χ2v) is 6.43. The van der Waals surface area contributed by atoms with Crippen LogP contribution in [0.25, 0.3) is 0 Å². The minimum absolute atomic E-state index is 0.00838. The fourth-order valence-electron chi connectivity index (χ4n) is 4.08. The summed E-state index contributed by atoms with van der Waals surface area (Å²) in [5.41, 5.74) is 2.48. The van der Waals surface area contributed by atoms with Crippen molar-refractivity contribution in [2.75, 3.05) is 20.7 Å². The Labute approximate surface area is 125 Å². The van der Waals surface area contributed by atoms with Crippen molar-refractivity contribution in [2.24, 2.45) is 0 Å². The van der Waals surface area contributed by atoms with Gasteiger partial charge in [-0.1, -0.05) is 18.2 Å². The third kappa shape index (κ3) is 1.75. The molecule has 4 rings (SSSR count). The fraction of sp³-hybridized carbons (Fsp3) is 0.529. The molecule has 112 valence electrons. The lowest BCUT2D eigenvalue weighted by molar-refractivity contribution is 0.0821. The maximum absolute atomic E-state index is 9.97. The van der Waals surface area contributed by atoms with Gasteiger partial charge in [0.05, 0.1) is 18.6 Å². The number of nitrogens with zero attached hydrogens (tertiary/aromatic N) is 1. The third-order valence-electron chi connectivity index (χ3n) is 5.15. The van der Waals surface area contributed by atoms with Gasteiger partial charge in [0, 0.05) is 18.5 Å². The summed E-state index contributed by atoms with van der Waals surface area (Å²) >= 11 is 0. The van der Waals surface area contributed by atoms with Crippen LogP contribution in [0.5, 0.6) is 11.5 Å². The van der Waals surface area contributed by atoms with Crippen LogP contribution in [-0.4, -0.2) is 42.9 Å². The largest absolute Gasteiger partial charge is 0.493 e. The normalized spacial score (nSPS) is 33.9. The van der Waals surface area contributed by atoms with Gasteiger partial charge in [0.1, 0.15) is 6.10 Å². The number of aliphatic hydroxyl groups is 1. The predicted octanol–water partition coefficient (Wildman–Crippen LogP) is 1.85. The molecule has 3 aliphatic rings. The van der Waals surface area contributed by atoms with Crippen molar-refractivity contribution in [2.45, 2.75) is 37.0 Å². The van der Waals surface area contributed by atoms with Gasteiger partial charge in [-0.25, -0.2) is 0 Å². The summed E-state index contributed by atoms with van der Waals surface area (Å²) in [6.45, 7) is 1.96. The van der Waals surface area contributed by atoms with Gasteiger partial charge < -0.3 is 19.5 Å². The van der Waals surface area contributed by atoms with Gasteiger partial charge in [0.2, 0.25) is 0 Å². The van der Waals surface area contributed by atoms with E-state index in [4.69, 9.17) is 9.47 Å². The lowest BCUT2D eigenvalue weighted by Crippen LogP contribution is -2.42. The Bertz CT molecular complexity index is 612. The minimum Gasteiger partial charge on any atom is -0.493 e. The molecule has 4 heteroatoms. The van der Waals surface area contributed by atoms with E-state index >= 15 is 0 Å². The maximum atomic E-state index is 9.97. The number of benzene rings is 1. The monoisotopic (exact) mass is 287 g/mol. The van der Waals surface area contributed by atoms with Crippen molar-refractivity contribution in [3.8, 4) is 11.5 Å². The molecule has 2 unspecified atom stereocenters. The molecule has 1 aromatic carbocycles. The molecule has 2 heterocycles. The van der Waals surface area contributed by atoms with Crippen LogP contribution in [-0.2, 0) is 12.0 Å². The van der Waals surface area contributed by atoms with Crippen LogP contribution in [0.1, 0.15) is 24.0 Å². The molecular formula is C17H21NO3. The molecule has 0 saturated heterocycles. The number of hydrogen-bond acceptors (Lipinski definition) is 4. The van der Waals surface area contributed by atoms with Crippen LogP contribution in [0.4, 0.5) is 0 Å². The summed E-state index contributed by atoms with van der Waals surface area (Å²) in [7, 11) is 3.84. The standard InChI is InChI=1S/C17H21NO3/c1-18-8-7-17-6-5-12(19)9-14(17)21-16-13(20-2)4-3-11(10-18)15(16)17/h3-6,12,14,19H,7-10H2,1-2H3/t12?,14?,17-/m0/s1. The van der Waals surface area contributed by atoms with Crippen LogP contribution in [0.2, 0.25) is 0 Å². The Balaban J connectivity index is 1.95. The average molecular weight is 287 g/mol. The Hall–Kier alpha value is -1.52. The Kier molecular flexibility index (Phi) is 2.81. The van der Waals surface area contributed by atoms with E-state index in [0.29, 0.717) is 6.42 Å². The second-order valence-electron chi connectivity index (χ2n) is 6.43. The number of methoxy groups -OCH3 is 1. The molecule has 1 aromatic rings. The minimum atomic E-state index is -0.412. The molecule has 1 spiro atoms. The summed E-state index contributed by atoms with van der Waals surface area (Å²) in [6, 6.07) is 4.16. The van der Waals surface area contributed by atoms with Crippen LogP contribution in [0, 0.1) is 0 Å². The highest BCUT2D eigenvalue weighted by Gasteiger charge is 2.52. The van der Waals surface area contributed by atoms with E-state index in [1.807, 2.05) is 12.1 Å². The summed E-state index contributed by atoms with van der Waals surface area (Å²) in [5, 5.41) is 9.97. The number of aliphatic hydroxyl groups excluding tert-OH is 1. The van der Waals surface area contributed by atoms with Gasteiger partial charge in [-0.2, -0.15) is 0 Å². The summed E-state index contributed by atoms with van der Waals surface area (Å²) in [6.07, 6.45) is 5.38. The van der Waals surface area contributed by atoms with E-state index in [1.165, 1.54) is 11.1 Å². The van der Waals surface area contributed by atoms with Crippen LogP contribution >= 0.6 is 0 Å². The van der Waals surface area contributed by atoms with Crippen molar-refractivity contribution in [1.82, 2.24) is 4.90 Å². The van der Waals surface area contributed by atoms with E-state index in [-0.39, 0.29) is 11.5 Å². The topological polar surface area (TPSA) is 41.9 Å². The van der Waals surface area contributed by atoms with E-state index < -0.39 is 6.10 Å². The third-order valence-corrected chi connectivity index (χ3v) is 5.15. The summed E-state index contributed by atoms with van der Waals surface area (Å²) in [4.78, 5) is 2.35. The van der Waals surface area contributed by atoms with E-state index in [1.54, 1.807) is 7.11 Å². The number of ether oxygens (including phenoxy) is 2. The van der Waals surface area contributed by atoms with Crippen LogP contribution in [0.3, 0.4) is 0 Å². The first-order valence-corrected chi connectivity index (χ1v) is 7.57. The molecule has 0 bridgehead atoms. The quantitative estimate of drug-likeness (QED) is 0.801. The van der Waals surface area contributed by atoms with Crippen molar-refractivity contribution >= 4 is 0 Å². The highest BCUT2D eigenvalue weighted by Crippen LogP contribution is 2.55. The SMILES string of the molecule is COc1ccc2c3c1OC1CC(O)C=C[C@@]31CCN(C)C2. The first-order chi connectivity index (χ1) is 10.1. The van der Waals surface area contributed by atoms with Gasteiger partial charge in [-0.15, -0.1) is 0 Å². The molecule has 0 fully saturated rings. The second kappa shape index (κ2) is 4.49. The first kappa shape index (κ1) is 13.2. The lowest BCUT2D eigenvalue weighted by Gasteiger charge is -2.35. The van der Waals surface area contributed by atoms with Gasteiger partial charge in [0.25, 0.3) is 0 Å². The van der Waals surface area contributed by atoms with Gasteiger partial charge in [-0.3, -0.25) is 0 Å². The highest BCUT2D eigenvalue weighted by molar-refractivity contribution is 5.60. The molecule has 1 N–H and O–H groups in total. The van der Waals surface area contributed by atoms with E-state index in [0.717, 1.165) is 31.0 Å². The van der Waals surface area contributed by atoms with Crippen molar-refractivity contribution < 1.29 is 14.6 Å². The fourth-order valence-corrected chi connectivity index (χ4v) is 4.08. The smallest absolute Gasteiger partial charge is 0.166 e. The lowest BCUT2D eigenvalue weighted by atomic mass is 9.69. The Morgan fingerprint density at radius 1 is 1.43 bits per heavy atom. The Morgan fingerprint density at radius 3 is 3.10 bits per heavy atom. The first-order valence-electron chi connectivity index (χ1n) is 7.57. The molecule has 0 amide bonds. The zero-order valence-electron chi connectivity index (χ0n) is 12.5. The number of rotatable bonds is 1. The average Bonchev–Trinajstić information content (AvgIpc) is 2.72. The zero-order chi connectivity index (χ0) is 14.6. The molecule has 21 heavy (non-hydrogen) atoms. The molecule has 3 atom stereocenters. The van der Waals surface area contributed by atoms with Crippen molar-refractivity contribution in [3.05, 3.63) is 35.4 Å². The maximum Gasteiger partial charge on any atom is 0.166 e. The molecule has 2 aliphatic heterocycles. The zero-order valence-corrected chi connectivity index (χ0v) is 12.5. The van der Waals surface area contributed by atoms with Gasteiger partial charge in [0.15, 0.2) is 11.5 Å². The van der Waals surface area contributed by atoms with Crippen LogP contribution < -0.4 is 9.47 Å². The van der Waals surface area contributed by atoms with E-state index in [2.05, 4.69) is 24.1 Å². The summed E-state index contributed by atoms with van der Waals surface area (Å²) in [5.74, 6) is 1.68. The Morgan fingerprint density at radius 2 is 2.29 bits per heavy atom. The van der Waals surface area contributed by atoms with Crippen LogP contribution in [0.15, 0.2) is 24.3 Å². The molecular weight excluding hydrogens is 266 g/mol. The highest BCUT2D eigenvalue weighted by atomic mass is 16.5. The van der Waals surface area contributed by atoms with Gasteiger partial charge in [-0.05, 0) is 31.6 Å². The molecule has 1 aliphatic carbocycles. The molecule has 0 radical (unpaired) electrons. The molecule has 0 aromatic heterocycles. The molecule has 4 nitrogen and oxygen atoms in total. The van der Waals surface area contributed by atoms with Crippen molar-refractivity contribution in [1.29, 1.82) is 0 Å². The number of hydrogen-bond donors (Lipinski definition) is 1. The van der Waals surface area contributed by atoms with E-state index in [9.17, 15) is 5.11 Å². The summed E-state index contributed by atoms with van der Waals surface area (Å²) < 4.78 is 11.8.